The van der Waals surface area contributed by atoms with E-state index in [0.29, 0.717) is 29.8 Å². The summed E-state index contributed by atoms with van der Waals surface area (Å²) in [5.74, 6) is -0.557. The molecule has 1 aliphatic rings. The first-order valence-corrected chi connectivity index (χ1v) is 8.69. The zero-order chi connectivity index (χ0) is 17.5. The second kappa shape index (κ2) is 6.16. The Morgan fingerprint density at radius 3 is 2.50 bits per heavy atom. The van der Waals surface area contributed by atoms with Gasteiger partial charge in [0.25, 0.3) is 11.5 Å². The van der Waals surface area contributed by atoms with Crippen LogP contribution in [0.5, 0.6) is 0 Å². The molecule has 2 aromatic rings. The van der Waals surface area contributed by atoms with Crippen LogP contribution in [-0.2, 0) is 6.42 Å². The quantitative estimate of drug-likeness (QED) is 0.709. The first-order valence-electron chi connectivity index (χ1n) is 7.61. The van der Waals surface area contributed by atoms with E-state index in [1.54, 1.807) is 12.1 Å². The van der Waals surface area contributed by atoms with Gasteiger partial charge in [0, 0.05) is 26.9 Å². The molecule has 5 nitrogen and oxygen atoms in total. The number of amides is 1. The molecule has 1 aliphatic carbocycles. The van der Waals surface area contributed by atoms with E-state index in [1.165, 1.54) is 6.07 Å². The van der Waals surface area contributed by atoms with Crippen LogP contribution in [-0.4, -0.2) is 16.7 Å². The van der Waals surface area contributed by atoms with E-state index in [4.69, 9.17) is 0 Å². The molecule has 1 aromatic carbocycles. The van der Waals surface area contributed by atoms with Crippen molar-refractivity contribution in [3.8, 4) is 0 Å². The van der Waals surface area contributed by atoms with Gasteiger partial charge in [0.15, 0.2) is 5.78 Å². The van der Waals surface area contributed by atoms with E-state index >= 15 is 0 Å². The van der Waals surface area contributed by atoms with Crippen LogP contribution >= 0.6 is 22.6 Å². The van der Waals surface area contributed by atoms with Gasteiger partial charge in [-0.25, -0.2) is 0 Å². The van der Waals surface area contributed by atoms with Crippen LogP contribution in [0.4, 0.5) is 5.69 Å². The van der Waals surface area contributed by atoms with Crippen molar-refractivity contribution in [2.24, 2.45) is 5.41 Å². The van der Waals surface area contributed by atoms with Crippen molar-refractivity contribution < 1.29 is 9.59 Å². The monoisotopic (exact) mass is 436 g/mol. The number of anilines is 1. The summed E-state index contributed by atoms with van der Waals surface area (Å²) >= 11 is 2.17. The van der Waals surface area contributed by atoms with Crippen molar-refractivity contribution in [1.29, 1.82) is 0 Å². The molecule has 1 amide bonds. The summed E-state index contributed by atoms with van der Waals surface area (Å²) in [7, 11) is 0. The largest absolute Gasteiger partial charge is 0.325 e. The smallest absolute Gasteiger partial charge is 0.261 e. The van der Waals surface area contributed by atoms with Crippen molar-refractivity contribution in [3.05, 3.63) is 61.1 Å². The number of hydrogen-bond donors (Lipinski definition) is 2. The highest BCUT2D eigenvalue weighted by atomic mass is 127. The molecule has 124 valence electrons. The summed E-state index contributed by atoms with van der Waals surface area (Å²) in [6.45, 7) is 3.98. The number of halogens is 1. The molecule has 0 unspecified atom stereocenters. The fourth-order valence-electron chi connectivity index (χ4n) is 2.93. The summed E-state index contributed by atoms with van der Waals surface area (Å²) in [5, 5.41) is 2.69. The highest BCUT2D eigenvalue weighted by Crippen LogP contribution is 2.33. The Morgan fingerprint density at radius 2 is 1.83 bits per heavy atom. The van der Waals surface area contributed by atoms with Gasteiger partial charge in [0.2, 0.25) is 0 Å². The number of fused-ring (bicyclic) bond motifs is 1. The number of pyridine rings is 1. The molecule has 0 aliphatic heterocycles. The molecule has 2 N–H and O–H groups in total. The lowest BCUT2D eigenvalue weighted by atomic mass is 9.75. The second-order valence-electron chi connectivity index (χ2n) is 6.81. The zero-order valence-corrected chi connectivity index (χ0v) is 15.6. The molecule has 0 atom stereocenters. The standard InChI is InChI=1S/C18H17IN2O3/c1-18(2)8-14-12(15(22)9-18)7-13(17(24)21-14)16(23)20-11-5-3-10(19)4-6-11/h3-7H,8-9H2,1-2H3,(H,20,23)(H,21,24). The molecule has 1 heterocycles. The van der Waals surface area contributed by atoms with Gasteiger partial charge in [0.05, 0.1) is 0 Å². The predicted molar refractivity (Wildman–Crippen MR) is 101 cm³/mol. The molecule has 0 saturated carbocycles. The molecule has 0 bridgehead atoms. The molecular weight excluding hydrogens is 419 g/mol. The Labute approximate surface area is 153 Å². The highest BCUT2D eigenvalue weighted by Gasteiger charge is 2.32. The molecule has 0 radical (unpaired) electrons. The molecular formula is C18H17IN2O3. The van der Waals surface area contributed by atoms with Crippen molar-refractivity contribution in [2.45, 2.75) is 26.7 Å². The lowest BCUT2D eigenvalue weighted by Gasteiger charge is -2.29. The molecule has 3 rings (SSSR count). The van der Waals surface area contributed by atoms with Gasteiger partial charge in [0.1, 0.15) is 5.56 Å². The van der Waals surface area contributed by atoms with Crippen molar-refractivity contribution in [2.75, 3.05) is 5.32 Å². The Bertz CT molecular complexity index is 882. The number of aromatic nitrogens is 1. The Hall–Kier alpha value is -1.96. The lowest BCUT2D eigenvalue weighted by molar-refractivity contribution is 0.0910. The number of benzene rings is 1. The Balaban J connectivity index is 1.93. The van der Waals surface area contributed by atoms with E-state index in [9.17, 15) is 14.4 Å². The Morgan fingerprint density at radius 1 is 1.17 bits per heavy atom. The van der Waals surface area contributed by atoms with Gasteiger partial charge in [-0.1, -0.05) is 13.8 Å². The normalized spacial score (nSPS) is 15.7. The summed E-state index contributed by atoms with van der Waals surface area (Å²) in [6, 6.07) is 8.67. The maximum Gasteiger partial charge on any atom is 0.261 e. The van der Waals surface area contributed by atoms with Gasteiger partial charge in [-0.15, -0.1) is 0 Å². The summed E-state index contributed by atoms with van der Waals surface area (Å²) < 4.78 is 1.05. The number of carbonyl (C=O) groups excluding carboxylic acids is 2. The lowest BCUT2D eigenvalue weighted by Crippen LogP contribution is -2.32. The highest BCUT2D eigenvalue weighted by molar-refractivity contribution is 14.1. The zero-order valence-electron chi connectivity index (χ0n) is 13.4. The third-order valence-electron chi connectivity index (χ3n) is 4.06. The van der Waals surface area contributed by atoms with Crippen LogP contribution < -0.4 is 10.9 Å². The average molecular weight is 436 g/mol. The molecule has 0 spiro atoms. The van der Waals surface area contributed by atoms with E-state index in [0.717, 1.165) is 3.57 Å². The van der Waals surface area contributed by atoms with E-state index in [-0.39, 0.29) is 16.8 Å². The number of H-pyrrole nitrogens is 1. The van der Waals surface area contributed by atoms with Crippen LogP contribution in [0.2, 0.25) is 0 Å². The fourth-order valence-corrected chi connectivity index (χ4v) is 3.29. The number of Topliss-reactive ketones (excluding diaryl/α,β-unsaturated/α-hetero) is 1. The van der Waals surface area contributed by atoms with Crippen molar-refractivity contribution >= 4 is 40.0 Å². The maximum absolute atomic E-state index is 12.4. The molecule has 24 heavy (non-hydrogen) atoms. The topological polar surface area (TPSA) is 79.0 Å². The number of carbonyl (C=O) groups is 2. The van der Waals surface area contributed by atoms with Crippen LogP contribution in [0.1, 0.15) is 46.7 Å². The molecule has 6 heteroatoms. The summed E-state index contributed by atoms with van der Waals surface area (Å²) in [6.07, 6.45) is 1.02. The van der Waals surface area contributed by atoms with Gasteiger partial charge in [-0.3, -0.25) is 14.4 Å². The van der Waals surface area contributed by atoms with Crippen molar-refractivity contribution in [1.82, 2.24) is 4.98 Å². The van der Waals surface area contributed by atoms with Crippen molar-refractivity contribution in [3.63, 3.8) is 0 Å². The van der Waals surface area contributed by atoms with E-state index in [2.05, 4.69) is 32.9 Å². The van der Waals surface area contributed by atoms with Gasteiger partial charge < -0.3 is 10.3 Å². The van der Waals surface area contributed by atoms with Gasteiger partial charge in [-0.2, -0.15) is 0 Å². The van der Waals surface area contributed by atoms with Gasteiger partial charge >= 0.3 is 0 Å². The maximum atomic E-state index is 12.4. The van der Waals surface area contributed by atoms with E-state index < -0.39 is 11.5 Å². The Kier molecular flexibility index (Phi) is 4.33. The first kappa shape index (κ1) is 16.9. The third-order valence-corrected chi connectivity index (χ3v) is 4.78. The molecule has 0 fully saturated rings. The number of hydrogen-bond acceptors (Lipinski definition) is 3. The minimum absolute atomic E-state index is 0.0409. The average Bonchev–Trinajstić information content (AvgIpc) is 2.47. The molecule has 0 saturated heterocycles. The summed E-state index contributed by atoms with van der Waals surface area (Å²) in [4.78, 5) is 39.7. The number of rotatable bonds is 2. The number of nitrogens with one attached hydrogen (secondary N) is 2. The van der Waals surface area contributed by atoms with Crippen LogP contribution in [0.3, 0.4) is 0 Å². The van der Waals surface area contributed by atoms with Crippen LogP contribution in [0.15, 0.2) is 35.1 Å². The predicted octanol–water partition coefficient (Wildman–Crippen LogP) is 3.39. The van der Waals surface area contributed by atoms with E-state index in [1.807, 2.05) is 26.0 Å². The van der Waals surface area contributed by atoms with Crippen LogP contribution in [0, 0.1) is 8.99 Å². The number of aromatic amines is 1. The number of ketones is 1. The van der Waals surface area contributed by atoms with Gasteiger partial charge in [-0.05, 0) is 64.8 Å². The third kappa shape index (κ3) is 3.43. The van der Waals surface area contributed by atoms with Crippen LogP contribution in [0.25, 0.3) is 0 Å². The first-order chi connectivity index (χ1) is 11.2. The summed E-state index contributed by atoms with van der Waals surface area (Å²) in [5.41, 5.74) is 0.971. The fraction of sp³-hybridized carbons (Fsp3) is 0.278. The minimum Gasteiger partial charge on any atom is -0.325 e. The minimum atomic E-state index is -0.516. The second-order valence-corrected chi connectivity index (χ2v) is 8.05. The SMILES string of the molecule is CC1(C)CC(=O)c2cc(C(=O)Nc3ccc(I)cc3)c(=O)[nH]c2C1. The molecule has 1 aromatic heterocycles.